The number of piperidine rings is 1. The van der Waals surface area contributed by atoms with E-state index in [0.717, 1.165) is 50.4 Å². The second-order valence-corrected chi connectivity index (χ2v) is 6.91. The second-order valence-electron chi connectivity index (χ2n) is 6.91. The monoisotopic (exact) mass is 502 g/mol. The first-order valence-electron chi connectivity index (χ1n) is 9.30. The van der Waals surface area contributed by atoms with Crippen LogP contribution in [0.2, 0.25) is 0 Å². The van der Waals surface area contributed by atoms with Crippen LogP contribution in [0.4, 0.5) is 0 Å². The van der Waals surface area contributed by atoms with Crippen molar-refractivity contribution in [1.29, 1.82) is 0 Å². The van der Waals surface area contributed by atoms with E-state index >= 15 is 0 Å². The number of likely N-dealkylation sites (tertiary alicyclic amines) is 1. The number of halogens is 1. The quantitative estimate of drug-likeness (QED) is 0.289. The molecule has 1 aliphatic rings. The summed E-state index contributed by atoms with van der Waals surface area (Å²) >= 11 is 0. The SMILES string of the molecule is CN=C(NCCc1cccc(C(=O)N(C)C)c1)N1CCC(C(=O)OC)CC1.I. The van der Waals surface area contributed by atoms with Crippen LogP contribution >= 0.6 is 24.0 Å². The van der Waals surface area contributed by atoms with Crippen molar-refractivity contribution in [3.05, 3.63) is 35.4 Å². The summed E-state index contributed by atoms with van der Waals surface area (Å²) in [6, 6.07) is 7.72. The summed E-state index contributed by atoms with van der Waals surface area (Å²) in [5, 5.41) is 3.38. The predicted octanol–water partition coefficient (Wildman–Crippen LogP) is 2.01. The number of nitrogens with zero attached hydrogens (tertiary/aromatic N) is 3. The van der Waals surface area contributed by atoms with Gasteiger partial charge in [0.1, 0.15) is 0 Å². The smallest absolute Gasteiger partial charge is 0.308 e. The van der Waals surface area contributed by atoms with Crippen LogP contribution in [-0.4, -0.2) is 75.5 Å². The van der Waals surface area contributed by atoms with E-state index in [9.17, 15) is 9.59 Å². The first-order valence-corrected chi connectivity index (χ1v) is 9.30. The van der Waals surface area contributed by atoms with Crippen LogP contribution in [-0.2, 0) is 16.0 Å². The van der Waals surface area contributed by atoms with E-state index in [1.165, 1.54) is 7.11 Å². The number of carbonyl (C=O) groups is 2. The number of amides is 1. The van der Waals surface area contributed by atoms with Gasteiger partial charge in [-0.05, 0) is 37.0 Å². The molecule has 1 amide bonds. The number of benzene rings is 1. The molecular weight excluding hydrogens is 471 g/mol. The lowest BCUT2D eigenvalue weighted by Crippen LogP contribution is -2.47. The highest BCUT2D eigenvalue weighted by atomic mass is 127. The lowest BCUT2D eigenvalue weighted by molar-refractivity contribution is -0.146. The standard InChI is InChI=1S/C20H30N4O3.HI/c1-21-20(24-12-9-16(10-13-24)19(26)27-4)22-11-8-15-6-5-7-17(14-15)18(25)23(2)3;/h5-7,14,16H,8-13H2,1-4H3,(H,21,22);1H. The molecule has 7 nitrogen and oxygen atoms in total. The number of guanidine groups is 1. The Bertz CT molecular complexity index is 686. The molecule has 1 fully saturated rings. The van der Waals surface area contributed by atoms with Gasteiger partial charge in [0.05, 0.1) is 13.0 Å². The lowest BCUT2D eigenvalue weighted by Gasteiger charge is -2.33. The molecule has 0 bridgehead atoms. The van der Waals surface area contributed by atoms with E-state index < -0.39 is 0 Å². The predicted molar refractivity (Wildman–Crippen MR) is 121 cm³/mol. The molecular formula is C20H31IN4O3. The molecule has 1 saturated heterocycles. The van der Waals surface area contributed by atoms with Crippen molar-refractivity contribution in [2.75, 3.05) is 47.9 Å². The van der Waals surface area contributed by atoms with Gasteiger partial charge in [0.25, 0.3) is 5.91 Å². The Morgan fingerprint density at radius 2 is 1.96 bits per heavy atom. The number of methoxy groups -OCH3 is 1. The first kappa shape index (κ1) is 24.2. The van der Waals surface area contributed by atoms with Gasteiger partial charge >= 0.3 is 5.97 Å². The third-order valence-corrected chi connectivity index (χ3v) is 4.82. The normalized spacial score (nSPS) is 14.9. The van der Waals surface area contributed by atoms with Gasteiger partial charge < -0.3 is 19.9 Å². The van der Waals surface area contributed by atoms with E-state index in [1.54, 1.807) is 26.0 Å². The molecule has 1 aromatic rings. The molecule has 1 aromatic carbocycles. The molecule has 2 rings (SSSR count). The summed E-state index contributed by atoms with van der Waals surface area (Å²) in [7, 11) is 6.72. The van der Waals surface area contributed by atoms with Gasteiger partial charge in [-0.2, -0.15) is 0 Å². The van der Waals surface area contributed by atoms with Crippen LogP contribution in [0.25, 0.3) is 0 Å². The summed E-state index contributed by atoms with van der Waals surface area (Å²) < 4.78 is 4.84. The first-order chi connectivity index (χ1) is 13.0. The Balaban J connectivity index is 0.00000392. The number of ether oxygens (including phenoxy) is 1. The Labute approximate surface area is 184 Å². The second kappa shape index (κ2) is 11.9. The molecule has 0 aromatic heterocycles. The van der Waals surface area contributed by atoms with Crippen molar-refractivity contribution in [1.82, 2.24) is 15.1 Å². The number of hydrogen-bond donors (Lipinski definition) is 1. The zero-order valence-corrected chi connectivity index (χ0v) is 19.4. The molecule has 1 aliphatic heterocycles. The molecule has 0 aliphatic carbocycles. The highest BCUT2D eigenvalue weighted by Crippen LogP contribution is 2.18. The average Bonchev–Trinajstić information content (AvgIpc) is 2.70. The Hall–Kier alpha value is -1.84. The summed E-state index contributed by atoms with van der Waals surface area (Å²) in [5.41, 5.74) is 1.81. The fourth-order valence-corrected chi connectivity index (χ4v) is 3.26. The number of aliphatic imine (C=N–C) groups is 1. The van der Waals surface area contributed by atoms with Crippen LogP contribution in [0.3, 0.4) is 0 Å². The van der Waals surface area contributed by atoms with Gasteiger partial charge in [0.2, 0.25) is 0 Å². The topological polar surface area (TPSA) is 74.2 Å². The van der Waals surface area contributed by atoms with E-state index in [2.05, 4.69) is 15.2 Å². The maximum atomic E-state index is 12.1. The summed E-state index contributed by atoms with van der Waals surface area (Å²) in [4.78, 5) is 31.8. The fourth-order valence-electron chi connectivity index (χ4n) is 3.26. The fraction of sp³-hybridized carbons (Fsp3) is 0.550. The molecule has 0 radical (unpaired) electrons. The Kier molecular flexibility index (Phi) is 10.3. The third-order valence-electron chi connectivity index (χ3n) is 4.82. The number of hydrogen-bond acceptors (Lipinski definition) is 4. The molecule has 0 atom stereocenters. The molecule has 1 N–H and O–H groups in total. The van der Waals surface area contributed by atoms with Gasteiger partial charge in [-0.3, -0.25) is 14.6 Å². The van der Waals surface area contributed by atoms with E-state index in [0.29, 0.717) is 5.56 Å². The number of esters is 1. The summed E-state index contributed by atoms with van der Waals surface area (Å²) in [6.07, 6.45) is 2.36. The highest BCUT2D eigenvalue weighted by Gasteiger charge is 2.26. The summed E-state index contributed by atoms with van der Waals surface area (Å²) in [6.45, 7) is 2.29. The van der Waals surface area contributed by atoms with Crippen LogP contribution < -0.4 is 5.32 Å². The molecule has 0 spiro atoms. The Morgan fingerprint density at radius 3 is 2.54 bits per heavy atom. The Morgan fingerprint density at radius 1 is 1.29 bits per heavy atom. The average molecular weight is 502 g/mol. The summed E-state index contributed by atoms with van der Waals surface area (Å²) in [5.74, 6) is 0.721. The van der Waals surface area contributed by atoms with Gasteiger partial charge in [0, 0.05) is 46.3 Å². The zero-order chi connectivity index (χ0) is 19.8. The number of nitrogens with one attached hydrogen (secondary N) is 1. The molecule has 0 saturated carbocycles. The van der Waals surface area contributed by atoms with Crippen LogP contribution in [0.15, 0.2) is 29.3 Å². The minimum atomic E-state index is -0.121. The van der Waals surface area contributed by atoms with Crippen molar-refractivity contribution >= 4 is 41.8 Å². The largest absolute Gasteiger partial charge is 0.469 e. The van der Waals surface area contributed by atoms with Crippen molar-refractivity contribution < 1.29 is 14.3 Å². The number of carbonyl (C=O) groups excluding carboxylic acids is 2. The van der Waals surface area contributed by atoms with Gasteiger partial charge in [-0.15, -0.1) is 24.0 Å². The third kappa shape index (κ3) is 6.65. The van der Waals surface area contributed by atoms with Crippen molar-refractivity contribution in [3.63, 3.8) is 0 Å². The maximum Gasteiger partial charge on any atom is 0.308 e. The van der Waals surface area contributed by atoms with E-state index in [-0.39, 0.29) is 41.8 Å². The van der Waals surface area contributed by atoms with Crippen molar-refractivity contribution in [2.24, 2.45) is 10.9 Å². The highest BCUT2D eigenvalue weighted by molar-refractivity contribution is 14.0. The van der Waals surface area contributed by atoms with Gasteiger partial charge in [-0.1, -0.05) is 12.1 Å². The maximum absolute atomic E-state index is 12.1. The molecule has 0 unspecified atom stereocenters. The van der Waals surface area contributed by atoms with E-state index in [4.69, 9.17) is 4.74 Å². The van der Waals surface area contributed by atoms with E-state index in [1.807, 2.05) is 24.3 Å². The van der Waals surface area contributed by atoms with Crippen molar-refractivity contribution in [3.8, 4) is 0 Å². The molecule has 1 heterocycles. The molecule has 8 heteroatoms. The minimum Gasteiger partial charge on any atom is -0.469 e. The van der Waals surface area contributed by atoms with Crippen LogP contribution in [0, 0.1) is 5.92 Å². The number of rotatable bonds is 5. The lowest BCUT2D eigenvalue weighted by atomic mass is 9.97. The van der Waals surface area contributed by atoms with Gasteiger partial charge in [0.15, 0.2) is 5.96 Å². The van der Waals surface area contributed by atoms with Crippen molar-refractivity contribution in [2.45, 2.75) is 19.3 Å². The minimum absolute atomic E-state index is 0. The molecule has 28 heavy (non-hydrogen) atoms. The van der Waals surface area contributed by atoms with Crippen LogP contribution in [0.5, 0.6) is 0 Å². The van der Waals surface area contributed by atoms with Crippen LogP contribution in [0.1, 0.15) is 28.8 Å². The molecule has 156 valence electrons. The van der Waals surface area contributed by atoms with Gasteiger partial charge in [-0.25, -0.2) is 0 Å². The zero-order valence-electron chi connectivity index (χ0n) is 17.1.